The number of benzene rings is 2. The van der Waals surface area contributed by atoms with Gasteiger partial charge in [0.2, 0.25) is 11.8 Å². The average molecular weight is 529 g/mol. The van der Waals surface area contributed by atoms with Crippen LogP contribution in [0.25, 0.3) is 6.08 Å². The number of ether oxygens (including phenoxy) is 1. The van der Waals surface area contributed by atoms with Crippen molar-refractivity contribution < 1.29 is 18.7 Å². The quantitative estimate of drug-likeness (QED) is 0.551. The van der Waals surface area contributed by atoms with E-state index in [1.807, 2.05) is 30.9 Å². The fraction of sp³-hybridized carbons (Fsp3) is 0.429. The van der Waals surface area contributed by atoms with Crippen LogP contribution in [-0.2, 0) is 16.1 Å². The highest BCUT2D eigenvalue weighted by Gasteiger charge is 2.67. The number of anilines is 1. The molecule has 198 valence electrons. The molecule has 2 aromatic carbocycles. The highest BCUT2D eigenvalue weighted by molar-refractivity contribution is 6.32. The molecular formula is C28H34ClFN4O3. The number of nitrogens with zero attached hydrogens (tertiary/aromatic N) is 2. The zero-order chi connectivity index (χ0) is 26.7. The summed E-state index contributed by atoms with van der Waals surface area (Å²) in [6, 6.07) is 10.2. The Bertz CT molecular complexity index is 1190. The molecule has 3 fully saturated rings. The average Bonchev–Trinajstić information content (AvgIpc) is 3.37. The van der Waals surface area contributed by atoms with Crippen LogP contribution in [0.2, 0.25) is 5.02 Å². The molecule has 37 heavy (non-hydrogen) atoms. The van der Waals surface area contributed by atoms with E-state index in [0.717, 1.165) is 38.3 Å². The highest BCUT2D eigenvalue weighted by Crippen LogP contribution is 2.51. The number of carbonyl (C=O) groups is 2. The maximum atomic E-state index is 13.3. The first kappa shape index (κ1) is 27.1. The van der Waals surface area contributed by atoms with E-state index in [-0.39, 0.29) is 35.1 Å². The van der Waals surface area contributed by atoms with E-state index in [4.69, 9.17) is 16.3 Å². The molecule has 1 spiro atoms. The molecule has 2 aromatic rings. The van der Waals surface area contributed by atoms with E-state index < -0.39 is 0 Å². The second kappa shape index (κ2) is 11.2. The minimum Gasteiger partial charge on any atom is -0.495 e. The Morgan fingerprint density at radius 1 is 1.24 bits per heavy atom. The summed E-state index contributed by atoms with van der Waals surface area (Å²) in [5.41, 5.74) is 2.26. The summed E-state index contributed by atoms with van der Waals surface area (Å²) in [5.74, 6) is -0.0740. The molecule has 0 aromatic heterocycles. The molecule has 2 amide bonds. The minimum absolute atomic E-state index is 0.0500. The Labute approximate surface area is 222 Å². The lowest BCUT2D eigenvalue weighted by Crippen LogP contribution is -2.72. The molecule has 7 nitrogen and oxygen atoms in total. The van der Waals surface area contributed by atoms with Gasteiger partial charge in [-0.1, -0.05) is 37.6 Å². The summed E-state index contributed by atoms with van der Waals surface area (Å²) in [7, 11) is 1.52. The van der Waals surface area contributed by atoms with Crippen molar-refractivity contribution in [3.63, 3.8) is 0 Å². The van der Waals surface area contributed by atoms with Gasteiger partial charge >= 0.3 is 0 Å². The third-order valence-electron chi connectivity index (χ3n) is 7.35. The fourth-order valence-electron chi connectivity index (χ4n) is 5.84. The molecule has 0 bridgehead atoms. The van der Waals surface area contributed by atoms with Gasteiger partial charge in [0.25, 0.3) is 0 Å². The Morgan fingerprint density at radius 3 is 2.65 bits per heavy atom. The first-order chi connectivity index (χ1) is 17.8. The van der Waals surface area contributed by atoms with E-state index >= 15 is 0 Å². The molecular weight excluding hydrogens is 495 g/mol. The standard InChI is InChI=1S/C26H28ClFN4O3.C2H6/c1-16(33)30-21-10-20(27)22(35-2)9-18(21)5-8-25(34)32-23-11-29-14-26(23)15-31(13-24(26)32)12-17-3-6-19(28)7-4-17;1-2/h3-10,23-24,29H,11-15H2,1-2H3,(H,30,33);1-2H3/b8-5+;. The molecule has 0 radical (unpaired) electrons. The molecule has 3 saturated heterocycles. The fourth-order valence-corrected chi connectivity index (χ4v) is 6.08. The second-order valence-corrected chi connectivity index (χ2v) is 9.93. The van der Waals surface area contributed by atoms with E-state index in [0.29, 0.717) is 22.0 Å². The Morgan fingerprint density at radius 2 is 1.97 bits per heavy atom. The van der Waals surface area contributed by atoms with Gasteiger partial charge in [0.1, 0.15) is 11.6 Å². The van der Waals surface area contributed by atoms with Gasteiger partial charge in [-0.05, 0) is 35.9 Å². The summed E-state index contributed by atoms with van der Waals surface area (Å²) in [4.78, 5) is 29.3. The number of likely N-dealkylation sites (tertiary alicyclic amines) is 2. The van der Waals surface area contributed by atoms with E-state index in [9.17, 15) is 14.0 Å². The van der Waals surface area contributed by atoms with Gasteiger partial charge in [-0.25, -0.2) is 4.39 Å². The zero-order valence-electron chi connectivity index (χ0n) is 21.7. The number of rotatable bonds is 6. The number of methoxy groups -OCH3 is 1. The van der Waals surface area contributed by atoms with Gasteiger partial charge in [0.05, 0.1) is 24.2 Å². The molecule has 9 heteroatoms. The number of halogens is 2. The summed E-state index contributed by atoms with van der Waals surface area (Å²) in [6.07, 6.45) is 3.25. The lowest BCUT2D eigenvalue weighted by Gasteiger charge is -2.56. The van der Waals surface area contributed by atoms with Crippen molar-refractivity contribution >= 4 is 35.2 Å². The van der Waals surface area contributed by atoms with Crippen molar-refractivity contribution in [2.45, 2.75) is 39.4 Å². The van der Waals surface area contributed by atoms with Crippen LogP contribution in [0, 0.1) is 11.2 Å². The summed E-state index contributed by atoms with van der Waals surface area (Å²) in [5, 5.41) is 6.60. The van der Waals surface area contributed by atoms with Crippen molar-refractivity contribution in [1.29, 1.82) is 0 Å². The van der Waals surface area contributed by atoms with Crippen molar-refractivity contribution in [1.82, 2.24) is 15.1 Å². The highest BCUT2D eigenvalue weighted by atomic mass is 35.5. The van der Waals surface area contributed by atoms with Crippen LogP contribution in [0.1, 0.15) is 31.9 Å². The maximum Gasteiger partial charge on any atom is 0.247 e. The number of amides is 2. The molecule has 3 unspecified atom stereocenters. The Hall–Kier alpha value is -2.94. The monoisotopic (exact) mass is 528 g/mol. The molecule has 2 N–H and O–H groups in total. The van der Waals surface area contributed by atoms with Crippen LogP contribution in [-0.4, -0.2) is 67.0 Å². The van der Waals surface area contributed by atoms with Gasteiger partial charge in [-0.15, -0.1) is 0 Å². The lowest BCUT2D eigenvalue weighted by molar-refractivity contribution is -0.150. The van der Waals surface area contributed by atoms with Gasteiger partial charge in [-0.3, -0.25) is 14.5 Å². The van der Waals surface area contributed by atoms with E-state index in [1.165, 1.54) is 26.2 Å². The number of carbonyl (C=O) groups excluding carboxylic acids is 2. The summed E-state index contributed by atoms with van der Waals surface area (Å²) >= 11 is 6.22. The first-order valence-electron chi connectivity index (χ1n) is 12.6. The van der Waals surface area contributed by atoms with Gasteiger partial charge in [0, 0.05) is 62.4 Å². The van der Waals surface area contributed by atoms with Crippen LogP contribution < -0.4 is 15.4 Å². The zero-order valence-corrected chi connectivity index (χ0v) is 22.4. The van der Waals surface area contributed by atoms with Crippen LogP contribution in [0.15, 0.2) is 42.5 Å². The number of hydrogen-bond donors (Lipinski definition) is 2. The maximum absolute atomic E-state index is 13.3. The third kappa shape index (κ3) is 5.23. The van der Waals surface area contributed by atoms with Crippen molar-refractivity contribution in [3.05, 3.63) is 64.4 Å². The predicted octanol–water partition coefficient (Wildman–Crippen LogP) is 4.17. The molecule has 3 aliphatic rings. The molecule has 3 heterocycles. The van der Waals surface area contributed by atoms with Gasteiger partial charge in [-0.2, -0.15) is 0 Å². The lowest BCUT2D eigenvalue weighted by atomic mass is 9.68. The SMILES string of the molecule is CC.COc1cc(/C=C/C(=O)N2C3CNCC34CN(Cc3ccc(F)cc3)CC24)c(NC(C)=O)cc1Cl. The van der Waals surface area contributed by atoms with Gasteiger partial charge in [0.15, 0.2) is 0 Å². The van der Waals surface area contributed by atoms with Crippen LogP contribution in [0.5, 0.6) is 5.75 Å². The Balaban J connectivity index is 0.00000156. The number of hydrogen-bond acceptors (Lipinski definition) is 5. The van der Waals surface area contributed by atoms with E-state index in [1.54, 1.807) is 24.3 Å². The van der Waals surface area contributed by atoms with E-state index in [2.05, 4.69) is 15.5 Å². The largest absolute Gasteiger partial charge is 0.495 e. The molecule has 3 aliphatic heterocycles. The summed E-state index contributed by atoms with van der Waals surface area (Å²) < 4.78 is 18.6. The normalized spacial score (nSPS) is 24.1. The predicted molar refractivity (Wildman–Crippen MR) is 144 cm³/mol. The molecule has 0 saturated carbocycles. The van der Waals surface area contributed by atoms with Crippen LogP contribution in [0.4, 0.5) is 10.1 Å². The van der Waals surface area contributed by atoms with Crippen molar-refractivity contribution in [2.24, 2.45) is 5.41 Å². The van der Waals surface area contributed by atoms with Crippen LogP contribution in [0.3, 0.4) is 0 Å². The van der Waals surface area contributed by atoms with Crippen molar-refractivity contribution in [2.75, 3.05) is 38.6 Å². The smallest absolute Gasteiger partial charge is 0.247 e. The molecule has 3 atom stereocenters. The Kier molecular flexibility index (Phi) is 8.21. The first-order valence-corrected chi connectivity index (χ1v) is 13.0. The van der Waals surface area contributed by atoms with Gasteiger partial charge < -0.3 is 20.3 Å². The second-order valence-electron chi connectivity index (χ2n) is 9.53. The molecule has 0 aliphatic carbocycles. The van der Waals surface area contributed by atoms with Crippen molar-refractivity contribution in [3.8, 4) is 5.75 Å². The van der Waals surface area contributed by atoms with Crippen LogP contribution >= 0.6 is 11.6 Å². The minimum atomic E-state index is -0.239. The third-order valence-corrected chi connectivity index (χ3v) is 7.65. The summed E-state index contributed by atoms with van der Waals surface area (Å²) in [6.45, 7) is 9.49. The molecule has 5 rings (SSSR count). The number of nitrogens with one attached hydrogen (secondary N) is 2. The topological polar surface area (TPSA) is 73.9 Å².